The van der Waals surface area contributed by atoms with Gasteiger partial charge in [0.15, 0.2) is 0 Å². The van der Waals surface area contributed by atoms with Crippen LogP contribution in [-0.4, -0.2) is 58.8 Å². The third-order valence-electron chi connectivity index (χ3n) is 5.11. The molecule has 3 heteroatoms. The summed E-state index contributed by atoms with van der Waals surface area (Å²) >= 11 is 0. The van der Waals surface area contributed by atoms with Gasteiger partial charge in [0, 0.05) is 31.2 Å². The van der Waals surface area contributed by atoms with E-state index in [4.69, 9.17) is 0 Å². The van der Waals surface area contributed by atoms with E-state index >= 15 is 0 Å². The van der Waals surface area contributed by atoms with E-state index in [2.05, 4.69) is 30.6 Å². The van der Waals surface area contributed by atoms with Crippen molar-refractivity contribution < 1.29 is 5.11 Å². The highest BCUT2D eigenvalue weighted by atomic mass is 16.3. The van der Waals surface area contributed by atoms with Crippen molar-refractivity contribution in [2.24, 2.45) is 0 Å². The number of aliphatic hydroxyl groups is 1. The summed E-state index contributed by atoms with van der Waals surface area (Å²) in [6.07, 6.45) is 7.05. The number of piperazine rings is 1. The second kappa shape index (κ2) is 7.05. The molecule has 3 nitrogen and oxygen atoms in total. The molecule has 2 heterocycles. The standard InChI is InChI=1S/C16H32N2O/c1-4-8-16(19)15(5-2)18-12-14-9-6-7-10-17(14)11-13(18)3/h13-16,19H,4-12H2,1-3H3. The molecule has 0 amide bonds. The Labute approximate surface area is 119 Å². The van der Waals surface area contributed by atoms with Crippen LogP contribution < -0.4 is 0 Å². The van der Waals surface area contributed by atoms with Crippen LogP contribution in [0, 0.1) is 0 Å². The van der Waals surface area contributed by atoms with Crippen LogP contribution in [0.15, 0.2) is 0 Å². The fourth-order valence-electron chi connectivity index (χ4n) is 4.05. The van der Waals surface area contributed by atoms with Gasteiger partial charge in [0.05, 0.1) is 6.10 Å². The fourth-order valence-corrected chi connectivity index (χ4v) is 4.05. The van der Waals surface area contributed by atoms with Gasteiger partial charge in [-0.05, 0) is 39.2 Å². The Hall–Kier alpha value is -0.120. The van der Waals surface area contributed by atoms with Crippen molar-refractivity contribution >= 4 is 0 Å². The number of nitrogens with zero attached hydrogens (tertiary/aromatic N) is 2. The first-order valence-electron chi connectivity index (χ1n) is 8.35. The summed E-state index contributed by atoms with van der Waals surface area (Å²) in [5.74, 6) is 0. The zero-order valence-electron chi connectivity index (χ0n) is 13.0. The van der Waals surface area contributed by atoms with Gasteiger partial charge >= 0.3 is 0 Å². The summed E-state index contributed by atoms with van der Waals surface area (Å²) in [5, 5.41) is 10.4. The maximum absolute atomic E-state index is 10.4. The molecule has 0 aromatic rings. The maximum Gasteiger partial charge on any atom is 0.0695 e. The van der Waals surface area contributed by atoms with Crippen molar-refractivity contribution in [1.82, 2.24) is 9.80 Å². The summed E-state index contributed by atoms with van der Waals surface area (Å²) in [4.78, 5) is 5.29. The van der Waals surface area contributed by atoms with E-state index in [1.807, 2.05) is 0 Å². The third kappa shape index (κ3) is 3.50. The van der Waals surface area contributed by atoms with Crippen molar-refractivity contribution in [3.63, 3.8) is 0 Å². The molecular weight excluding hydrogens is 236 g/mol. The lowest BCUT2D eigenvalue weighted by Crippen LogP contribution is -2.62. The van der Waals surface area contributed by atoms with E-state index in [0.29, 0.717) is 12.1 Å². The summed E-state index contributed by atoms with van der Waals surface area (Å²) in [6, 6.07) is 1.69. The predicted molar refractivity (Wildman–Crippen MR) is 80.4 cm³/mol. The summed E-state index contributed by atoms with van der Waals surface area (Å²) in [6.45, 7) is 10.4. The Morgan fingerprint density at radius 2 is 2.00 bits per heavy atom. The van der Waals surface area contributed by atoms with Crippen LogP contribution >= 0.6 is 0 Å². The van der Waals surface area contributed by atoms with Crippen molar-refractivity contribution in [3.8, 4) is 0 Å². The fraction of sp³-hybridized carbons (Fsp3) is 1.00. The number of hydrogen-bond donors (Lipinski definition) is 1. The third-order valence-corrected chi connectivity index (χ3v) is 5.11. The molecule has 4 atom stereocenters. The number of aliphatic hydroxyl groups excluding tert-OH is 1. The molecule has 19 heavy (non-hydrogen) atoms. The first kappa shape index (κ1) is 15.3. The van der Waals surface area contributed by atoms with Gasteiger partial charge in [0.25, 0.3) is 0 Å². The Balaban J connectivity index is 2.01. The van der Waals surface area contributed by atoms with Crippen LogP contribution in [0.25, 0.3) is 0 Å². The van der Waals surface area contributed by atoms with Crippen molar-refractivity contribution in [3.05, 3.63) is 0 Å². The number of hydrogen-bond acceptors (Lipinski definition) is 3. The Kier molecular flexibility index (Phi) is 5.67. The van der Waals surface area contributed by atoms with E-state index in [1.165, 1.54) is 38.9 Å². The van der Waals surface area contributed by atoms with E-state index in [-0.39, 0.29) is 6.10 Å². The Morgan fingerprint density at radius 3 is 2.68 bits per heavy atom. The van der Waals surface area contributed by atoms with Crippen LogP contribution in [0.1, 0.15) is 59.3 Å². The van der Waals surface area contributed by atoms with E-state index in [1.54, 1.807) is 0 Å². The Bertz CT molecular complexity index is 271. The molecule has 2 aliphatic rings. The second-order valence-corrected chi connectivity index (χ2v) is 6.52. The number of rotatable bonds is 5. The van der Waals surface area contributed by atoms with Crippen LogP contribution in [0.5, 0.6) is 0 Å². The number of fused-ring (bicyclic) bond motifs is 1. The molecule has 0 spiro atoms. The molecule has 4 unspecified atom stereocenters. The minimum absolute atomic E-state index is 0.146. The summed E-state index contributed by atoms with van der Waals surface area (Å²) in [5.41, 5.74) is 0. The highest BCUT2D eigenvalue weighted by Crippen LogP contribution is 2.27. The predicted octanol–water partition coefficient (Wildman–Crippen LogP) is 2.48. The molecule has 0 radical (unpaired) electrons. The molecule has 0 saturated carbocycles. The normalized spacial score (nSPS) is 32.8. The summed E-state index contributed by atoms with van der Waals surface area (Å²) < 4.78 is 0. The highest BCUT2D eigenvalue weighted by molar-refractivity contribution is 4.93. The second-order valence-electron chi connectivity index (χ2n) is 6.52. The smallest absolute Gasteiger partial charge is 0.0695 e. The van der Waals surface area contributed by atoms with Gasteiger partial charge in [-0.25, -0.2) is 0 Å². The van der Waals surface area contributed by atoms with Crippen molar-refractivity contribution in [2.45, 2.75) is 83.5 Å². The molecular formula is C16H32N2O. The van der Waals surface area contributed by atoms with Gasteiger partial charge in [-0.1, -0.05) is 26.7 Å². The van der Waals surface area contributed by atoms with Gasteiger partial charge in [-0.15, -0.1) is 0 Å². The maximum atomic E-state index is 10.4. The molecule has 2 aliphatic heterocycles. The van der Waals surface area contributed by atoms with E-state index in [9.17, 15) is 5.11 Å². The topological polar surface area (TPSA) is 26.7 Å². The van der Waals surface area contributed by atoms with Crippen molar-refractivity contribution in [2.75, 3.05) is 19.6 Å². The lowest BCUT2D eigenvalue weighted by Gasteiger charge is -2.50. The molecule has 1 N–H and O–H groups in total. The van der Waals surface area contributed by atoms with Crippen LogP contribution in [0.4, 0.5) is 0 Å². The average molecular weight is 268 g/mol. The lowest BCUT2D eigenvalue weighted by molar-refractivity contribution is -0.0463. The van der Waals surface area contributed by atoms with Gasteiger partial charge in [0.1, 0.15) is 0 Å². The molecule has 2 saturated heterocycles. The number of piperidine rings is 1. The molecule has 0 bridgehead atoms. The van der Waals surface area contributed by atoms with Gasteiger partial charge in [-0.2, -0.15) is 0 Å². The quantitative estimate of drug-likeness (QED) is 0.830. The van der Waals surface area contributed by atoms with Gasteiger partial charge in [-0.3, -0.25) is 9.80 Å². The van der Waals surface area contributed by atoms with Crippen LogP contribution in [0.2, 0.25) is 0 Å². The van der Waals surface area contributed by atoms with E-state index < -0.39 is 0 Å². The minimum Gasteiger partial charge on any atom is -0.391 e. The first-order valence-corrected chi connectivity index (χ1v) is 8.35. The molecule has 0 aromatic carbocycles. The molecule has 0 aromatic heterocycles. The van der Waals surface area contributed by atoms with Crippen molar-refractivity contribution in [1.29, 1.82) is 0 Å². The SMILES string of the molecule is CCCC(O)C(CC)N1CC2CCCCN2CC1C. The molecule has 0 aliphatic carbocycles. The molecule has 2 rings (SSSR count). The van der Waals surface area contributed by atoms with Gasteiger partial charge in [0.2, 0.25) is 0 Å². The lowest BCUT2D eigenvalue weighted by atomic mass is 9.93. The zero-order valence-corrected chi connectivity index (χ0v) is 13.0. The largest absolute Gasteiger partial charge is 0.391 e. The highest BCUT2D eigenvalue weighted by Gasteiger charge is 2.37. The Morgan fingerprint density at radius 1 is 1.21 bits per heavy atom. The van der Waals surface area contributed by atoms with E-state index in [0.717, 1.165) is 25.3 Å². The zero-order chi connectivity index (χ0) is 13.8. The van der Waals surface area contributed by atoms with Gasteiger partial charge < -0.3 is 5.11 Å². The molecule has 112 valence electrons. The average Bonchev–Trinajstić information content (AvgIpc) is 2.40. The van der Waals surface area contributed by atoms with Crippen LogP contribution in [-0.2, 0) is 0 Å². The monoisotopic (exact) mass is 268 g/mol. The summed E-state index contributed by atoms with van der Waals surface area (Å²) in [7, 11) is 0. The van der Waals surface area contributed by atoms with Crippen LogP contribution in [0.3, 0.4) is 0 Å². The first-order chi connectivity index (χ1) is 9.17. The minimum atomic E-state index is -0.146. The molecule has 2 fully saturated rings.